The number of nitrogens with zero attached hydrogens (tertiary/aromatic N) is 8. The summed E-state index contributed by atoms with van der Waals surface area (Å²) in [5, 5.41) is 45.8. The second-order valence-electron chi connectivity index (χ2n) is 17.7. The third-order valence-electron chi connectivity index (χ3n) is 13.4. The number of rotatable bonds is 8. The molecular weight excluding hydrogens is 905 g/mol. The molecule has 10 aromatic carbocycles. The number of imide groups is 2. The number of fused-ring (bicyclic) bond motifs is 13. The molecular formula is C58H34N8O6. The number of aromatic nitrogens is 2. The van der Waals surface area contributed by atoms with Crippen LogP contribution in [0.2, 0.25) is 0 Å². The third kappa shape index (κ3) is 6.65. The maximum Gasteiger partial charge on any atom is 0.262 e. The molecule has 0 saturated carbocycles. The second-order valence-corrected chi connectivity index (χ2v) is 17.7. The summed E-state index contributed by atoms with van der Waals surface area (Å²) in [5.74, 6) is -2.25. The van der Waals surface area contributed by atoms with Crippen molar-refractivity contribution < 1.29 is 29.4 Å². The molecule has 0 radical (unpaired) electrons. The molecule has 2 aliphatic heterocycles. The zero-order valence-corrected chi connectivity index (χ0v) is 37.7. The molecule has 0 bridgehead atoms. The Morgan fingerprint density at radius 3 is 1.24 bits per heavy atom. The number of hydrogen-bond donors (Lipinski definition) is 2. The van der Waals surface area contributed by atoms with Crippen molar-refractivity contribution in [2.45, 2.75) is 13.1 Å². The number of para-hydroxylation sites is 2. The van der Waals surface area contributed by atoms with Gasteiger partial charge in [-0.2, -0.15) is 10.2 Å². The lowest BCUT2D eigenvalue weighted by molar-refractivity contribution is 0.0628. The fourth-order valence-corrected chi connectivity index (χ4v) is 9.99. The molecule has 0 saturated heterocycles. The standard InChI is InChI=1S/C58H34N8O6/c67-45-25-17-33-15-21-39-49(57(71)65(55(39)69)29-31-9-3-1-4-10-31)47(33)53(45)63-61-35-19-23-37-38-24-20-36(28-42(38)52-51(41(37)27-35)59-43-13-7-8-14-44(43)60-52)62-64-54-46(68)26-18-34-16-22-40-50(48(34)54)58(72)66(56(40)70)30-32-11-5-2-6-12-32/h1-28,67-68H,29-30H2. The molecule has 11 aromatic rings. The summed E-state index contributed by atoms with van der Waals surface area (Å²) < 4.78 is 0. The van der Waals surface area contributed by atoms with Crippen molar-refractivity contribution >= 4 is 112 Å². The van der Waals surface area contributed by atoms with Crippen LogP contribution >= 0.6 is 0 Å². The average Bonchev–Trinajstić information content (AvgIpc) is 3.80. The topological polar surface area (TPSA) is 190 Å². The van der Waals surface area contributed by atoms with E-state index in [-0.39, 0.29) is 58.2 Å². The number of azo groups is 2. The summed E-state index contributed by atoms with van der Waals surface area (Å²) in [5.41, 5.74) is 5.77. The Balaban J connectivity index is 0.900. The Morgan fingerprint density at radius 2 is 0.806 bits per heavy atom. The molecule has 0 unspecified atom stereocenters. The molecule has 0 spiro atoms. The normalized spacial score (nSPS) is 13.7. The number of amides is 4. The lowest BCUT2D eigenvalue weighted by atomic mass is 9.98. The van der Waals surface area contributed by atoms with Gasteiger partial charge < -0.3 is 10.2 Å². The van der Waals surface area contributed by atoms with Crippen LogP contribution in [0.1, 0.15) is 52.6 Å². The van der Waals surface area contributed by atoms with Crippen LogP contribution in [0.4, 0.5) is 22.7 Å². The van der Waals surface area contributed by atoms with E-state index >= 15 is 0 Å². The molecule has 0 atom stereocenters. The van der Waals surface area contributed by atoms with E-state index in [0.29, 0.717) is 55.0 Å². The van der Waals surface area contributed by atoms with Gasteiger partial charge in [0.1, 0.15) is 22.9 Å². The SMILES string of the molecule is O=C1c2ccc3ccc(O)c(N=Nc4ccc5c6ccc(N=Nc7c(O)ccc8ccc9c(c78)C(=O)N(Cc7ccccc7)C9=O)cc6c6nc7ccccc7nc6c5c4)c3c2C(=O)N1Cc1ccccc1. The summed E-state index contributed by atoms with van der Waals surface area (Å²) in [6.45, 7) is 0.181. The first-order valence-electron chi connectivity index (χ1n) is 23.0. The van der Waals surface area contributed by atoms with Crippen molar-refractivity contribution in [3.63, 3.8) is 0 Å². The Morgan fingerprint density at radius 1 is 0.403 bits per heavy atom. The van der Waals surface area contributed by atoms with Gasteiger partial charge in [0.05, 0.1) is 68.8 Å². The van der Waals surface area contributed by atoms with Crippen LogP contribution in [0.15, 0.2) is 190 Å². The molecule has 0 aliphatic carbocycles. The van der Waals surface area contributed by atoms with E-state index < -0.39 is 23.6 Å². The number of aromatic hydroxyl groups is 2. The lowest BCUT2D eigenvalue weighted by Crippen LogP contribution is -2.29. The maximum absolute atomic E-state index is 14.0. The first-order valence-corrected chi connectivity index (χ1v) is 23.0. The Hall–Kier alpha value is -10.1. The van der Waals surface area contributed by atoms with Gasteiger partial charge in [-0.25, -0.2) is 9.97 Å². The first kappa shape index (κ1) is 42.1. The minimum absolute atomic E-state index is 0.0503. The molecule has 3 heterocycles. The van der Waals surface area contributed by atoms with E-state index in [4.69, 9.17) is 9.97 Å². The van der Waals surface area contributed by atoms with Crippen LogP contribution in [0, 0.1) is 0 Å². The minimum atomic E-state index is -0.485. The van der Waals surface area contributed by atoms with Crippen molar-refractivity contribution in [2.24, 2.45) is 20.5 Å². The largest absolute Gasteiger partial charge is 0.506 e. The van der Waals surface area contributed by atoms with Gasteiger partial charge in [0.25, 0.3) is 23.6 Å². The molecule has 4 amide bonds. The highest BCUT2D eigenvalue weighted by Crippen LogP contribution is 2.45. The highest BCUT2D eigenvalue weighted by Gasteiger charge is 2.39. The van der Waals surface area contributed by atoms with E-state index in [1.165, 1.54) is 21.9 Å². The summed E-state index contributed by atoms with van der Waals surface area (Å²) in [4.78, 5) is 68.0. The maximum atomic E-state index is 14.0. The van der Waals surface area contributed by atoms with E-state index in [1.807, 2.05) is 109 Å². The molecule has 0 fully saturated rings. The molecule has 72 heavy (non-hydrogen) atoms. The average molecular weight is 939 g/mol. The van der Waals surface area contributed by atoms with Crippen molar-refractivity contribution in [3.05, 3.63) is 203 Å². The van der Waals surface area contributed by atoms with Crippen molar-refractivity contribution in [1.29, 1.82) is 0 Å². The van der Waals surface area contributed by atoms with E-state index in [9.17, 15) is 29.4 Å². The van der Waals surface area contributed by atoms with Crippen LogP contribution in [0.3, 0.4) is 0 Å². The van der Waals surface area contributed by atoms with Gasteiger partial charge in [-0.3, -0.25) is 29.0 Å². The molecule has 342 valence electrons. The minimum Gasteiger partial charge on any atom is -0.506 e. The third-order valence-corrected chi connectivity index (χ3v) is 13.4. The number of phenolic OH excluding ortho intramolecular Hbond substituents is 2. The van der Waals surface area contributed by atoms with Crippen LogP contribution in [-0.2, 0) is 13.1 Å². The zero-order valence-electron chi connectivity index (χ0n) is 37.7. The fourth-order valence-electron chi connectivity index (χ4n) is 9.99. The van der Waals surface area contributed by atoms with Gasteiger partial charge in [0.2, 0.25) is 0 Å². The summed E-state index contributed by atoms with van der Waals surface area (Å²) in [6, 6.07) is 50.2. The van der Waals surface area contributed by atoms with Crippen LogP contribution in [0.25, 0.3) is 65.2 Å². The van der Waals surface area contributed by atoms with Gasteiger partial charge in [0, 0.05) is 21.5 Å². The molecule has 13 rings (SSSR count). The monoisotopic (exact) mass is 938 g/mol. The molecule has 2 N–H and O–H groups in total. The Bertz CT molecular complexity index is 4020. The summed E-state index contributed by atoms with van der Waals surface area (Å²) >= 11 is 0. The molecule has 14 nitrogen and oxygen atoms in total. The van der Waals surface area contributed by atoms with E-state index in [0.717, 1.165) is 32.7 Å². The highest BCUT2D eigenvalue weighted by molar-refractivity contribution is 6.29. The number of phenols is 2. The number of carbonyl (C=O) groups excluding carboxylic acids is 4. The van der Waals surface area contributed by atoms with Gasteiger partial charge in [-0.1, -0.05) is 109 Å². The van der Waals surface area contributed by atoms with Crippen molar-refractivity contribution in [2.75, 3.05) is 0 Å². The first-order chi connectivity index (χ1) is 35.2. The fraction of sp³-hybridized carbons (Fsp3) is 0.0345. The van der Waals surface area contributed by atoms with Gasteiger partial charge in [-0.05, 0) is 93.3 Å². The van der Waals surface area contributed by atoms with Crippen LogP contribution in [0.5, 0.6) is 11.5 Å². The van der Waals surface area contributed by atoms with Crippen LogP contribution < -0.4 is 0 Å². The molecule has 1 aromatic heterocycles. The van der Waals surface area contributed by atoms with Crippen LogP contribution in [-0.4, -0.2) is 53.6 Å². The lowest BCUT2D eigenvalue weighted by Gasteiger charge is -2.14. The summed E-state index contributed by atoms with van der Waals surface area (Å²) in [6.07, 6.45) is 0. The smallest absolute Gasteiger partial charge is 0.262 e. The van der Waals surface area contributed by atoms with E-state index in [1.54, 1.807) is 48.5 Å². The molecule has 2 aliphatic rings. The van der Waals surface area contributed by atoms with Crippen molar-refractivity contribution in [1.82, 2.24) is 19.8 Å². The molecule has 14 heteroatoms. The number of benzene rings is 10. The van der Waals surface area contributed by atoms with Crippen molar-refractivity contribution in [3.8, 4) is 11.5 Å². The Labute approximate surface area is 407 Å². The summed E-state index contributed by atoms with van der Waals surface area (Å²) in [7, 11) is 0. The second kappa shape index (κ2) is 16.3. The predicted molar refractivity (Wildman–Crippen MR) is 273 cm³/mol. The number of hydrogen-bond acceptors (Lipinski definition) is 12. The van der Waals surface area contributed by atoms with Gasteiger partial charge >= 0.3 is 0 Å². The quantitative estimate of drug-likeness (QED) is 0.0651. The van der Waals surface area contributed by atoms with E-state index in [2.05, 4.69) is 20.5 Å². The Kier molecular flexibility index (Phi) is 9.51. The highest BCUT2D eigenvalue weighted by atomic mass is 16.3. The van der Waals surface area contributed by atoms with Gasteiger partial charge in [-0.15, -0.1) is 10.2 Å². The number of carbonyl (C=O) groups is 4. The van der Waals surface area contributed by atoms with Gasteiger partial charge in [0.15, 0.2) is 0 Å². The predicted octanol–water partition coefficient (Wildman–Crippen LogP) is 13.2. The zero-order chi connectivity index (χ0) is 48.8.